The second-order valence-electron chi connectivity index (χ2n) is 5.58. The number of rotatable bonds is 6. The Morgan fingerprint density at radius 1 is 1.20 bits per heavy atom. The lowest BCUT2D eigenvalue weighted by molar-refractivity contribution is -0.115. The van der Waals surface area contributed by atoms with Crippen LogP contribution < -0.4 is 5.32 Å². The molecule has 1 N–H and O–H groups in total. The molecule has 0 spiro atoms. The predicted octanol–water partition coefficient (Wildman–Crippen LogP) is 4.81. The van der Waals surface area contributed by atoms with Crippen LogP contribution in [0.3, 0.4) is 0 Å². The molecule has 1 heterocycles. The van der Waals surface area contributed by atoms with E-state index < -0.39 is 0 Å². The van der Waals surface area contributed by atoms with E-state index in [0.29, 0.717) is 0 Å². The number of thioether (sulfide) groups is 1. The van der Waals surface area contributed by atoms with Gasteiger partial charge in [0.15, 0.2) is 5.16 Å². The van der Waals surface area contributed by atoms with Crippen LogP contribution in [-0.2, 0) is 11.3 Å². The fourth-order valence-corrected chi connectivity index (χ4v) is 3.43. The molecule has 0 radical (unpaired) electrons. The van der Waals surface area contributed by atoms with Crippen molar-refractivity contribution in [1.29, 1.82) is 0 Å². The summed E-state index contributed by atoms with van der Waals surface area (Å²) in [6.45, 7) is 2.63. The van der Waals surface area contributed by atoms with E-state index in [1.807, 2.05) is 55.6 Å². The van der Waals surface area contributed by atoms with Crippen LogP contribution in [0.1, 0.15) is 12.5 Å². The Morgan fingerprint density at radius 3 is 2.64 bits per heavy atom. The standard InChI is InChI=1S/C19H18BrN3OS/c1-14(18(24)22-17-9-7-16(20)8-10-17)25-19-21-11-12-23(19)13-15-5-3-2-4-6-15/h2-12,14H,13H2,1H3,(H,22,24). The third kappa shape index (κ3) is 4.96. The van der Waals surface area contributed by atoms with E-state index in [1.165, 1.54) is 17.3 Å². The minimum Gasteiger partial charge on any atom is -0.325 e. The fourth-order valence-electron chi connectivity index (χ4n) is 2.30. The molecule has 0 saturated carbocycles. The van der Waals surface area contributed by atoms with E-state index in [4.69, 9.17) is 0 Å². The summed E-state index contributed by atoms with van der Waals surface area (Å²) < 4.78 is 3.04. The Bertz CT molecular complexity index is 833. The molecule has 0 aliphatic rings. The first-order chi connectivity index (χ1) is 12.1. The highest BCUT2D eigenvalue weighted by molar-refractivity contribution is 9.10. The van der Waals surface area contributed by atoms with Gasteiger partial charge in [0.25, 0.3) is 0 Å². The molecule has 3 aromatic rings. The number of benzene rings is 2. The van der Waals surface area contributed by atoms with Crippen LogP contribution in [0.5, 0.6) is 0 Å². The van der Waals surface area contributed by atoms with Crippen LogP contribution >= 0.6 is 27.7 Å². The zero-order valence-electron chi connectivity index (χ0n) is 13.7. The smallest absolute Gasteiger partial charge is 0.237 e. The molecule has 0 aliphatic carbocycles. The van der Waals surface area contributed by atoms with Crippen LogP contribution in [0.15, 0.2) is 76.6 Å². The molecule has 1 aromatic heterocycles. The Labute approximate surface area is 159 Å². The van der Waals surface area contributed by atoms with Gasteiger partial charge in [0.1, 0.15) is 0 Å². The molecule has 1 atom stereocenters. The summed E-state index contributed by atoms with van der Waals surface area (Å²) in [6.07, 6.45) is 3.71. The van der Waals surface area contributed by atoms with E-state index in [9.17, 15) is 4.79 Å². The van der Waals surface area contributed by atoms with Gasteiger partial charge in [-0.05, 0) is 36.8 Å². The molecule has 0 fully saturated rings. The number of hydrogen-bond acceptors (Lipinski definition) is 3. The van der Waals surface area contributed by atoms with Crippen LogP contribution in [0.2, 0.25) is 0 Å². The first-order valence-electron chi connectivity index (χ1n) is 7.90. The number of nitrogens with one attached hydrogen (secondary N) is 1. The molecule has 6 heteroatoms. The van der Waals surface area contributed by atoms with Crippen molar-refractivity contribution in [2.45, 2.75) is 23.9 Å². The van der Waals surface area contributed by atoms with Crippen molar-refractivity contribution in [2.24, 2.45) is 0 Å². The van der Waals surface area contributed by atoms with Gasteiger partial charge >= 0.3 is 0 Å². The van der Waals surface area contributed by atoms with Crippen LogP contribution in [-0.4, -0.2) is 20.7 Å². The number of anilines is 1. The number of amides is 1. The monoisotopic (exact) mass is 415 g/mol. The summed E-state index contributed by atoms with van der Waals surface area (Å²) in [7, 11) is 0. The quantitative estimate of drug-likeness (QED) is 0.587. The van der Waals surface area contributed by atoms with Crippen molar-refractivity contribution < 1.29 is 4.79 Å². The molecule has 0 aliphatic heterocycles. The molecule has 3 rings (SSSR count). The lowest BCUT2D eigenvalue weighted by Gasteiger charge is -2.13. The van der Waals surface area contributed by atoms with Crippen LogP contribution in [0, 0.1) is 0 Å². The normalized spacial score (nSPS) is 11.9. The van der Waals surface area contributed by atoms with Crippen molar-refractivity contribution in [1.82, 2.24) is 9.55 Å². The van der Waals surface area contributed by atoms with Gasteiger partial charge in [-0.2, -0.15) is 0 Å². The Balaban J connectivity index is 1.63. The number of carbonyl (C=O) groups is 1. The summed E-state index contributed by atoms with van der Waals surface area (Å²) in [5, 5.41) is 3.52. The minimum absolute atomic E-state index is 0.0402. The summed E-state index contributed by atoms with van der Waals surface area (Å²) in [5.41, 5.74) is 1.99. The zero-order valence-corrected chi connectivity index (χ0v) is 16.1. The molecule has 4 nitrogen and oxygen atoms in total. The first-order valence-corrected chi connectivity index (χ1v) is 9.57. The number of hydrogen-bond donors (Lipinski definition) is 1. The minimum atomic E-state index is -0.249. The van der Waals surface area contributed by atoms with Crippen molar-refractivity contribution in [3.8, 4) is 0 Å². The van der Waals surface area contributed by atoms with Crippen molar-refractivity contribution in [3.05, 3.63) is 77.0 Å². The van der Waals surface area contributed by atoms with Crippen LogP contribution in [0.4, 0.5) is 5.69 Å². The molecule has 2 aromatic carbocycles. The Kier molecular flexibility index (Phi) is 5.94. The number of carbonyl (C=O) groups excluding carboxylic acids is 1. The molecule has 1 unspecified atom stereocenters. The number of halogens is 1. The van der Waals surface area contributed by atoms with Crippen molar-refractivity contribution in [2.75, 3.05) is 5.32 Å². The molecular weight excluding hydrogens is 398 g/mol. The van der Waals surface area contributed by atoms with E-state index >= 15 is 0 Å². The van der Waals surface area contributed by atoms with Crippen molar-refractivity contribution >= 4 is 39.3 Å². The van der Waals surface area contributed by atoms with Gasteiger partial charge in [-0.15, -0.1) is 0 Å². The van der Waals surface area contributed by atoms with Gasteiger partial charge in [0.2, 0.25) is 5.91 Å². The van der Waals surface area contributed by atoms with E-state index in [1.54, 1.807) is 6.20 Å². The SMILES string of the molecule is CC(Sc1nccn1Cc1ccccc1)C(=O)Nc1ccc(Br)cc1. The average Bonchev–Trinajstić information content (AvgIpc) is 3.04. The van der Waals surface area contributed by atoms with Crippen molar-refractivity contribution in [3.63, 3.8) is 0 Å². The Morgan fingerprint density at radius 2 is 1.92 bits per heavy atom. The lowest BCUT2D eigenvalue weighted by Crippen LogP contribution is -2.22. The van der Waals surface area contributed by atoms with Gasteiger partial charge in [-0.1, -0.05) is 58.0 Å². The second kappa shape index (κ2) is 8.36. The highest BCUT2D eigenvalue weighted by Gasteiger charge is 2.17. The molecule has 128 valence electrons. The Hall–Kier alpha value is -2.05. The van der Waals surface area contributed by atoms with E-state index in [2.05, 4.69) is 42.9 Å². The molecule has 1 amide bonds. The van der Waals surface area contributed by atoms with Crippen LogP contribution in [0.25, 0.3) is 0 Å². The van der Waals surface area contributed by atoms with Gasteiger partial charge in [0.05, 0.1) is 5.25 Å². The summed E-state index contributed by atoms with van der Waals surface area (Å²) in [6, 6.07) is 17.8. The third-order valence-corrected chi connectivity index (χ3v) is 5.28. The first kappa shape index (κ1) is 17.8. The highest BCUT2D eigenvalue weighted by atomic mass is 79.9. The summed E-state index contributed by atoms with van der Waals surface area (Å²) >= 11 is 4.84. The maximum absolute atomic E-state index is 12.4. The number of nitrogens with zero attached hydrogens (tertiary/aromatic N) is 2. The van der Waals surface area contributed by atoms with Gasteiger partial charge in [0, 0.05) is 29.1 Å². The fraction of sp³-hybridized carbons (Fsp3) is 0.158. The topological polar surface area (TPSA) is 46.9 Å². The predicted molar refractivity (Wildman–Crippen MR) is 106 cm³/mol. The van der Waals surface area contributed by atoms with Gasteiger partial charge < -0.3 is 9.88 Å². The largest absolute Gasteiger partial charge is 0.325 e. The molecule has 0 saturated heterocycles. The number of aromatic nitrogens is 2. The average molecular weight is 416 g/mol. The molecular formula is C19H18BrN3OS. The van der Waals surface area contributed by atoms with E-state index in [-0.39, 0.29) is 11.2 Å². The second-order valence-corrected chi connectivity index (χ2v) is 7.80. The maximum atomic E-state index is 12.4. The molecule has 25 heavy (non-hydrogen) atoms. The van der Waals surface area contributed by atoms with Gasteiger partial charge in [-0.3, -0.25) is 4.79 Å². The summed E-state index contributed by atoms with van der Waals surface area (Å²) in [4.78, 5) is 16.8. The highest BCUT2D eigenvalue weighted by Crippen LogP contribution is 2.24. The summed E-state index contributed by atoms with van der Waals surface area (Å²) in [5.74, 6) is -0.0402. The third-order valence-electron chi connectivity index (χ3n) is 3.64. The van der Waals surface area contributed by atoms with Gasteiger partial charge in [-0.25, -0.2) is 4.98 Å². The zero-order chi connectivity index (χ0) is 17.6. The lowest BCUT2D eigenvalue weighted by atomic mass is 10.2. The number of imidazole rings is 1. The molecule has 0 bridgehead atoms. The maximum Gasteiger partial charge on any atom is 0.237 e. The van der Waals surface area contributed by atoms with E-state index in [0.717, 1.165) is 21.9 Å².